The third-order valence-electron chi connectivity index (χ3n) is 7.29. The van der Waals surface area contributed by atoms with Gasteiger partial charge in [0, 0.05) is 25.1 Å². The lowest BCUT2D eigenvalue weighted by Crippen LogP contribution is -2.59. The van der Waals surface area contributed by atoms with E-state index in [4.69, 9.17) is 5.11 Å². The minimum atomic E-state index is -4.34. The number of ketones is 1. The molecule has 2 aromatic carbocycles. The molecule has 1 saturated heterocycles. The third-order valence-corrected chi connectivity index (χ3v) is 7.29. The summed E-state index contributed by atoms with van der Waals surface area (Å²) in [6.07, 6.45) is 0.656. The highest BCUT2D eigenvalue weighted by Crippen LogP contribution is 2.30. The van der Waals surface area contributed by atoms with Crippen LogP contribution in [0.3, 0.4) is 0 Å². The van der Waals surface area contributed by atoms with Crippen LogP contribution in [-0.2, 0) is 25.6 Å². The van der Waals surface area contributed by atoms with E-state index in [0.717, 1.165) is 5.56 Å². The molecule has 1 aliphatic heterocycles. The normalized spacial score (nSPS) is 15.8. The van der Waals surface area contributed by atoms with Gasteiger partial charge in [-0.05, 0) is 61.6 Å². The van der Waals surface area contributed by atoms with Gasteiger partial charge in [-0.15, -0.1) is 0 Å². The van der Waals surface area contributed by atoms with Crippen molar-refractivity contribution in [2.45, 2.75) is 57.5 Å². The summed E-state index contributed by atoms with van der Waals surface area (Å²) in [6, 6.07) is 11.6. The van der Waals surface area contributed by atoms with Crippen molar-refractivity contribution in [2.75, 3.05) is 19.6 Å². The number of aromatic carboxylic acids is 1. The summed E-state index contributed by atoms with van der Waals surface area (Å²) in [7, 11) is 0. The Balaban J connectivity index is 1.55. The summed E-state index contributed by atoms with van der Waals surface area (Å²) in [4.78, 5) is 75.5. The van der Waals surface area contributed by atoms with Gasteiger partial charge in [-0.3, -0.25) is 34.2 Å². The maximum absolute atomic E-state index is 15.1. The molecule has 0 radical (unpaired) electrons. The molecular formula is C31H36F2N4O7. The van der Waals surface area contributed by atoms with Gasteiger partial charge in [0.05, 0.1) is 17.6 Å². The van der Waals surface area contributed by atoms with Crippen LogP contribution in [0.1, 0.15) is 59.4 Å². The van der Waals surface area contributed by atoms with E-state index in [9.17, 15) is 28.8 Å². The maximum atomic E-state index is 15.1. The smallest absolute Gasteiger partial charge is 0.383 e. The van der Waals surface area contributed by atoms with Crippen LogP contribution in [0, 0.1) is 5.92 Å². The lowest BCUT2D eigenvalue weighted by Gasteiger charge is -2.35. The lowest BCUT2D eigenvalue weighted by molar-refractivity contribution is -0.163. The van der Waals surface area contributed by atoms with Crippen molar-refractivity contribution in [2.24, 2.45) is 5.92 Å². The summed E-state index contributed by atoms with van der Waals surface area (Å²) in [5.74, 6) is -11.5. The number of nitrogens with zero attached hydrogens (tertiary/aromatic N) is 1. The number of carbonyl (C=O) groups is 6. The van der Waals surface area contributed by atoms with Crippen LogP contribution in [0.25, 0.3) is 0 Å². The van der Waals surface area contributed by atoms with Crippen molar-refractivity contribution < 1.29 is 42.7 Å². The SMILES string of the molecule is CC(C)C(C(=O)C(F)(F)C(=O)NCCc1ccccc1)N1CCC[C@H]1C(=O)NC(=O)CCNC(=O)c1ccc(C(=O)O)cc1. The molecule has 1 heterocycles. The molecule has 0 spiro atoms. The zero-order valence-electron chi connectivity index (χ0n) is 24.5. The Kier molecular flexibility index (Phi) is 11.8. The number of imide groups is 1. The first-order chi connectivity index (χ1) is 20.8. The summed E-state index contributed by atoms with van der Waals surface area (Å²) < 4.78 is 30.2. The summed E-state index contributed by atoms with van der Waals surface area (Å²) in [6.45, 7) is 3.01. The molecule has 13 heteroatoms. The van der Waals surface area contributed by atoms with Crippen LogP contribution in [0.4, 0.5) is 8.78 Å². The fourth-order valence-corrected chi connectivity index (χ4v) is 5.05. The molecule has 1 unspecified atom stereocenters. The van der Waals surface area contributed by atoms with Gasteiger partial charge in [-0.1, -0.05) is 44.2 Å². The molecule has 4 amide bonds. The van der Waals surface area contributed by atoms with Crippen molar-refractivity contribution in [3.63, 3.8) is 0 Å². The number of carboxylic acids is 1. The first-order valence-electron chi connectivity index (χ1n) is 14.3. The molecule has 3 rings (SSSR count). The van der Waals surface area contributed by atoms with E-state index in [-0.39, 0.29) is 43.6 Å². The molecule has 0 aromatic heterocycles. The van der Waals surface area contributed by atoms with Gasteiger partial charge in [0.2, 0.25) is 17.6 Å². The number of nitrogens with one attached hydrogen (secondary N) is 3. The van der Waals surface area contributed by atoms with E-state index in [0.29, 0.717) is 12.8 Å². The Morgan fingerprint density at radius 1 is 0.932 bits per heavy atom. The minimum Gasteiger partial charge on any atom is -0.478 e. The van der Waals surface area contributed by atoms with Crippen molar-refractivity contribution in [3.05, 3.63) is 71.3 Å². The van der Waals surface area contributed by atoms with E-state index in [1.165, 1.54) is 29.2 Å². The summed E-state index contributed by atoms with van der Waals surface area (Å²) in [5, 5.41) is 15.8. The van der Waals surface area contributed by atoms with E-state index < -0.39 is 59.3 Å². The number of carbonyl (C=O) groups excluding carboxylic acids is 5. The van der Waals surface area contributed by atoms with E-state index in [1.54, 1.807) is 44.2 Å². The molecule has 4 N–H and O–H groups in total. The lowest BCUT2D eigenvalue weighted by atomic mass is 9.93. The standard InChI is InChI=1S/C31H36F2N4O7/c1-19(2)25(26(39)31(32,33)30(44)35-16-14-20-7-4-3-5-8-20)37-18-6-9-23(37)28(41)36-24(38)15-17-34-27(40)21-10-12-22(13-11-21)29(42)43/h3-5,7-8,10-13,19,23,25H,6,9,14-18H2,1-2H3,(H,34,40)(H,35,44)(H,42,43)(H,36,38,41)/t23-,25?/m0/s1. The quantitative estimate of drug-likeness (QED) is 0.236. The Bertz CT molecular complexity index is 1370. The van der Waals surface area contributed by atoms with Crippen LogP contribution < -0.4 is 16.0 Å². The highest BCUT2D eigenvalue weighted by Gasteiger charge is 2.53. The van der Waals surface area contributed by atoms with Gasteiger partial charge in [0.1, 0.15) is 0 Å². The molecule has 236 valence electrons. The maximum Gasteiger partial charge on any atom is 0.383 e. The zero-order valence-corrected chi connectivity index (χ0v) is 24.5. The van der Waals surface area contributed by atoms with Gasteiger partial charge in [-0.2, -0.15) is 8.78 Å². The first kappa shape index (κ1) is 34.0. The molecule has 11 nitrogen and oxygen atoms in total. The van der Waals surface area contributed by atoms with Gasteiger partial charge in [0.25, 0.3) is 11.8 Å². The Hall–Kier alpha value is -4.52. The number of hydrogen-bond acceptors (Lipinski definition) is 7. The number of likely N-dealkylation sites (tertiary alicyclic amines) is 1. The number of amides is 4. The van der Waals surface area contributed by atoms with Crippen LogP contribution >= 0.6 is 0 Å². The number of Topliss-reactive ketones (excluding diaryl/α,β-unsaturated/α-hetero) is 1. The highest BCUT2D eigenvalue weighted by atomic mass is 19.3. The van der Waals surface area contributed by atoms with E-state index in [2.05, 4.69) is 16.0 Å². The largest absolute Gasteiger partial charge is 0.478 e. The molecule has 44 heavy (non-hydrogen) atoms. The number of benzene rings is 2. The minimum absolute atomic E-state index is 0.00706. The van der Waals surface area contributed by atoms with Crippen LogP contribution in [-0.4, -0.2) is 83.0 Å². The van der Waals surface area contributed by atoms with Crippen LogP contribution in [0.2, 0.25) is 0 Å². The predicted octanol–water partition coefficient (Wildman–Crippen LogP) is 2.20. The first-order valence-corrected chi connectivity index (χ1v) is 14.3. The molecule has 1 aliphatic rings. The Morgan fingerprint density at radius 2 is 1.57 bits per heavy atom. The second-order valence-corrected chi connectivity index (χ2v) is 10.8. The van der Waals surface area contributed by atoms with Crippen molar-refractivity contribution in [3.8, 4) is 0 Å². The third kappa shape index (κ3) is 8.75. The molecule has 0 saturated carbocycles. The average Bonchev–Trinajstić information content (AvgIpc) is 3.47. The fraction of sp³-hybridized carbons (Fsp3) is 0.419. The topological polar surface area (TPSA) is 162 Å². The number of hydrogen-bond donors (Lipinski definition) is 4. The number of alkyl halides is 2. The van der Waals surface area contributed by atoms with Crippen LogP contribution in [0.15, 0.2) is 54.6 Å². The van der Waals surface area contributed by atoms with Crippen molar-refractivity contribution in [1.29, 1.82) is 0 Å². The molecule has 1 fully saturated rings. The molecule has 0 aliphatic carbocycles. The Labute approximate surface area is 253 Å². The number of halogens is 2. The molecular weight excluding hydrogens is 578 g/mol. The van der Waals surface area contributed by atoms with Gasteiger partial charge in [-0.25, -0.2) is 4.79 Å². The number of rotatable bonds is 14. The van der Waals surface area contributed by atoms with Gasteiger partial charge >= 0.3 is 11.9 Å². The van der Waals surface area contributed by atoms with E-state index in [1.807, 2.05) is 0 Å². The molecule has 0 bridgehead atoms. The van der Waals surface area contributed by atoms with Crippen molar-refractivity contribution >= 4 is 35.4 Å². The Morgan fingerprint density at radius 3 is 2.18 bits per heavy atom. The monoisotopic (exact) mass is 614 g/mol. The average molecular weight is 615 g/mol. The summed E-state index contributed by atoms with van der Waals surface area (Å²) in [5.41, 5.74) is 1.02. The molecule has 2 atom stereocenters. The second-order valence-electron chi connectivity index (χ2n) is 10.8. The molecule has 2 aromatic rings. The van der Waals surface area contributed by atoms with Crippen LogP contribution in [0.5, 0.6) is 0 Å². The second kappa shape index (κ2) is 15.3. The zero-order chi connectivity index (χ0) is 32.4. The predicted molar refractivity (Wildman–Crippen MR) is 155 cm³/mol. The number of carboxylic acid groups (broad SMARTS) is 1. The van der Waals surface area contributed by atoms with Gasteiger partial charge < -0.3 is 15.7 Å². The summed E-state index contributed by atoms with van der Waals surface area (Å²) >= 11 is 0. The van der Waals surface area contributed by atoms with Crippen molar-refractivity contribution in [1.82, 2.24) is 20.9 Å². The highest BCUT2D eigenvalue weighted by molar-refractivity contribution is 6.10. The fourth-order valence-electron chi connectivity index (χ4n) is 5.05. The van der Waals surface area contributed by atoms with E-state index >= 15 is 8.78 Å². The van der Waals surface area contributed by atoms with Gasteiger partial charge in [0.15, 0.2) is 0 Å².